The number of ether oxygens (including phenoxy) is 1. The third-order valence-corrected chi connectivity index (χ3v) is 2.76. The summed E-state index contributed by atoms with van der Waals surface area (Å²) in [5.41, 5.74) is 5.36. The minimum Gasteiger partial charge on any atom is -0.408 e. The smallest absolute Gasteiger partial charge is 0.314 e. The monoisotopic (exact) mass is 228 g/mol. The molecule has 3 rings (SSSR count). The van der Waals surface area contributed by atoms with Crippen LogP contribution >= 0.6 is 0 Å². The number of hydrazine groups is 1. The highest BCUT2D eigenvalue weighted by molar-refractivity contribution is 5.73. The van der Waals surface area contributed by atoms with Crippen molar-refractivity contribution in [3.05, 3.63) is 53.9 Å². The van der Waals surface area contributed by atoms with Gasteiger partial charge in [-0.3, -0.25) is 15.2 Å². The van der Waals surface area contributed by atoms with E-state index in [1.807, 2.05) is 47.5 Å². The number of rotatable bonds is 1. The Morgan fingerprint density at radius 2 is 2.00 bits per heavy atom. The molecule has 0 aromatic heterocycles. The van der Waals surface area contributed by atoms with Crippen LogP contribution in [0.5, 0.6) is 0 Å². The van der Waals surface area contributed by atoms with Crippen LogP contribution in [0.4, 0.5) is 0 Å². The SMILES string of the molecule is O=C1CCN2NC(c3ccccc3)=CC=C2O1. The van der Waals surface area contributed by atoms with Gasteiger partial charge >= 0.3 is 5.97 Å². The predicted octanol–water partition coefficient (Wildman–Crippen LogP) is 1.64. The van der Waals surface area contributed by atoms with Crippen LogP contribution in [-0.2, 0) is 9.53 Å². The second-order valence-corrected chi connectivity index (χ2v) is 3.94. The Hall–Kier alpha value is -2.23. The average Bonchev–Trinajstić information content (AvgIpc) is 2.39. The number of carbonyl (C=O) groups excluding carboxylic acids is 1. The molecule has 2 aliphatic heterocycles. The number of allylic oxidation sites excluding steroid dienone is 2. The highest BCUT2D eigenvalue weighted by atomic mass is 16.6. The van der Waals surface area contributed by atoms with E-state index in [4.69, 9.17) is 4.74 Å². The van der Waals surface area contributed by atoms with Gasteiger partial charge in [0.2, 0.25) is 5.88 Å². The lowest BCUT2D eigenvalue weighted by Gasteiger charge is -2.34. The van der Waals surface area contributed by atoms with E-state index in [1.165, 1.54) is 0 Å². The largest absolute Gasteiger partial charge is 0.408 e. The molecular weight excluding hydrogens is 216 g/mol. The van der Waals surface area contributed by atoms with Crippen LogP contribution in [0.3, 0.4) is 0 Å². The summed E-state index contributed by atoms with van der Waals surface area (Å²) < 4.78 is 5.12. The number of hydrogen-bond donors (Lipinski definition) is 1. The molecule has 0 unspecified atom stereocenters. The molecular formula is C13H12N2O2. The summed E-state index contributed by atoms with van der Waals surface area (Å²) in [7, 11) is 0. The summed E-state index contributed by atoms with van der Waals surface area (Å²) in [5.74, 6) is 0.395. The van der Waals surface area contributed by atoms with Crippen molar-refractivity contribution in [1.29, 1.82) is 0 Å². The number of nitrogens with zero attached hydrogens (tertiary/aromatic N) is 1. The molecule has 1 fully saturated rings. The van der Waals surface area contributed by atoms with Crippen molar-refractivity contribution in [1.82, 2.24) is 10.4 Å². The van der Waals surface area contributed by atoms with Gasteiger partial charge in [0.05, 0.1) is 18.7 Å². The van der Waals surface area contributed by atoms with Crippen LogP contribution in [0.2, 0.25) is 0 Å². The van der Waals surface area contributed by atoms with Gasteiger partial charge in [-0.2, -0.15) is 0 Å². The maximum Gasteiger partial charge on any atom is 0.314 e. The summed E-state index contributed by atoms with van der Waals surface area (Å²) >= 11 is 0. The van der Waals surface area contributed by atoms with Gasteiger partial charge in [0.15, 0.2) is 0 Å². The molecule has 1 aromatic carbocycles. The quantitative estimate of drug-likeness (QED) is 0.742. The van der Waals surface area contributed by atoms with Crippen LogP contribution in [0.1, 0.15) is 12.0 Å². The van der Waals surface area contributed by atoms with Crippen molar-refractivity contribution in [3.63, 3.8) is 0 Å². The number of benzene rings is 1. The fourth-order valence-corrected chi connectivity index (χ4v) is 1.89. The van der Waals surface area contributed by atoms with Gasteiger partial charge in [-0.1, -0.05) is 30.3 Å². The Kier molecular flexibility index (Phi) is 2.33. The van der Waals surface area contributed by atoms with Crippen LogP contribution in [0.15, 0.2) is 48.4 Å². The lowest BCUT2D eigenvalue weighted by atomic mass is 10.1. The fourth-order valence-electron chi connectivity index (χ4n) is 1.89. The van der Waals surface area contributed by atoms with E-state index in [9.17, 15) is 4.79 Å². The van der Waals surface area contributed by atoms with E-state index in [1.54, 1.807) is 0 Å². The molecule has 0 aliphatic carbocycles. The summed E-state index contributed by atoms with van der Waals surface area (Å²) in [6, 6.07) is 10.0. The second kappa shape index (κ2) is 3.97. The highest BCUT2D eigenvalue weighted by Crippen LogP contribution is 2.22. The fraction of sp³-hybridized carbons (Fsp3) is 0.154. The van der Waals surface area contributed by atoms with Gasteiger partial charge in [0, 0.05) is 6.08 Å². The molecule has 0 amide bonds. The van der Waals surface area contributed by atoms with Crippen molar-refractivity contribution >= 4 is 11.7 Å². The third-order valence-electron chi connectivity index (χ3n) is 2.76. The predicted molar refractivity (Wildman–Crippen MR) is 63.1 cm³/mol. The molecule has 0 spiro atoms. The number of carbonyl (C=O) groups is 1. The molecule has 4 nitrogen and oxygen atoms in total. The first-order valence-electron chi connectivity index (χ1n) is 5.55. The molecule has 1 saturated heterocycles. The Balaban J connectivity index is 1.88. The van der Waals surface area contributed by atoms with Crippen molar-refractivity contribution in [2.75, 3.05) is 6.54 Å². The maximum absolute atomic E-state index is 11.1. The second-order valence-electron chi connectivity index (χ2n) is 3.94. The van der Waals surface area contributed by atoms with Crippen molar-refractivity contribution in [2.24, 2.45) is 0 Å². The number of fused-ring (bicyclic) bond motifs is 1. The molecule has 4 heteroatoms. The summed E-state index contributed by atoms with van der Waals surface area (Å²) in [5, 5.41) is 1.85. The number of nitrogens with one attached hydrogen (secondary N) is 1. The van der Waals surface area contributed by atoms with Gasteiger partial charge < -0.3 is 4.74 Å². The molecule has 0 bridgehead atoms. The summed E-state index contributed by atoms with van der Waals surface area (Å²) in [6.45, 7) is 0.634. The third kappa shape index (κ3) is 1.89. The van der Waals surface area contributed by atoms with Gasteiger partial charge in [-0.15, -0.1) is 0 Å². The molecule has 2 heterocycles. The van der Waals surface area contributed by atoms with E-state index in [2.05, 4.69) is 5.43 Å². The summed E-state index contributed by atoms with van der Waals surface area (Å²) in [6.07, 6.45) is 4.14. The lowest BCUT2D eigenvalue weighted by molar-refractivity contribution is -0.147. The van der Waals surface area contributed by atoms with E-state index in [-0.39, 0.29) is 5.97 Å². The first-order valence-corrected chi connectivity index (χ1v) is 5.55. The molecule has 1 aromatic rings. The maximum atomic E-state index is 11.1. The zero-order valence-corrected chi connectivity index (χ0v) is 9.22. The van der Waals surface area contributed by atoms with Gasteiger partial charge in [-0.25, -0.2) is 0 Å². The van der Waals surface area contributed by atoms with Crippen LogP contribution in [0, 0.1) is 0 Å². The first-order chi connectivity index (χ1) is 8.33. The van der Waals surface area contributed by atoms with Gasteiger partial charge in [0.25, 0.3) is 0 Å². The van der Waals surface area contributed by atoms with Crippen molar-refractivity contribution in [2.45, 2.75) is 6.42 Å². The van der Waals surface area contributed by atoms with E-state index >= 15 is 0 Å². The van der Waals surface area contributed by atoms with Crippen LogP contribution in [0.25, 0.3) is 5.70 Å². The Morgan fingerprint density at radius 1 is 1.18 bits per heavy atom. The lowest BCUT2D eigenvalue weighted by Crippen LogP contribution is -2.43. The molecule has 1 N–H and O–H groups in total. The molecule has 0 radical (unpaired) electrons. The standard InChI is InChI=1S/C13H12N2O2/c16-13-8-9-15-12(17-13)7-6-11(14-15)10-4-2-1-3-5-10/h1-7,14H,8-9H2. The van der Waals surface area contributed by atoms with Crippen molar-refractivity contribution in [3.8, 4) is 0 Å². The Morgan fingerprint density at radius 3 is 2.82 bits per heavy atom. The zero-order valence-electron chi connectivity index (χ0n) is 9.22. The van der Waals surface area contributed by atoms with Crippen LogP contribution in [-0.4, -0.2) is 17.5 Å². The minimum absolute atomic E-state index is 0.175. The molecule has 17 heavy (non-hydrogen) atoms. The highest BCUT2D eigenvalue weighted by Gasteiger charge is 2.24. The number of esters is 1. The Bertz CT molecular complexity index is 505. The molecule has 2 aliphatic rings. The first kappa shape index (κ1) is 9.96. The molecule has 86 valence electrons. The molecule has 0 atom stereocenters. The van der Waals surface area contributed by atoms with E-state index in [0.29, 0.717) is 18.8 Å². The zero-order chi connectivity index (χ0) is 11.7. The van der Waals surface area contributed by atoms with Gasteiger partial charge in [-0.05, 0) is 11.6 Å². The van der Waals surface area contributed by atoms with E-state index in [0.717, 1.165) is 11.3 Å². The normalized spacial score (nSPS) is 18.6. The van der Waals surface area contributed by atoms with Crippen LogP contribution < -0.4 is 5.43 Å². The minimum atomic E-state index is -0.175. The average molecular weight is 228 g/mol. The topological polar surface area (TPSA) is 41.6 Å². The van der Waals surface area contributed by atoms with E-state index < -0.39 is 0 Å². The number of hydrogen-bond acceptors (Lipinski definition) is 4. The Labute approximate surface area is 99.2 Å². The molecule has 0 saturated carbocycles. The van der Waals surface area contributed by atoms with Gasteiger partial charge in [0.1, 0.15) is 0 Å². The van der Waals surface area contributed by atoms with Crippen molar-refractivity contribution < 1.29 is 9.53 Å². The summed E-state index contributed by atoms with van der Waals surface area (Å²) in [4.78, 5) is 11.1.